The molecule has 2 amide bonds. The van der Waals surface area contributed by atoms with Gasteiger partial charge in [-0.25, -0.2) is 9.37 Å². The number of imidazole rings is 1. The number of H-pyrrole nitrogens is 1. The fourth-order valence-electron chi connectivity index (χ4n) is 3.47. The van der Waals surface area contributed by atoms with Gasteiger partial charge in [-0.2, -0.15) is 0 Å². The predicted molar refractivity (Wildman–Crippen MR) is 137 cm³/mol. The van der Waals surface area contributed by atoms with Crippen LogP contribution in [0.2, 0.25) is 0 Å². The molecule has 4 rings (SSSR count). The van der Waals surface area contributed by atoms with Crippen LogP contribution in [0.1, 0.15) is 24.1 Å². The number of amides is 2. The number of nitrogens with zero attached hydrogens (tertiary/aromatic N) is 1. The van der Waals surface area contributed by atoms with E-state index in [0.717, 1.165) is 5.56 Å². The Morgan fingerprint density at radius 2 is 1.62 bits per heavy atom. The van der Waals surface area contributed by atoms with Gasteiger partial charge in [-0.1, -0.05) is 30.3 Å². The van der Waals surface area contributed by atoms with Crippen LogP contribution in [0.15, 0.2) is 91.4 Å². The topological polar surface area (TPSA) is 105 Å². The van der Waals surface area contributed by atoms with E-state index in [-0.39, 0.29) is 18.3 Å². The number of anilines is 1. The zero-order valence-electron chi connectivity index (χ0n) is 20.2. The van der Waals surface area contributed by atoms with Crippen molar-refractivity contribution in [2.75, 3.05) is 11.9 Å². The van der Waals surface area contributed by atoms with Gasteiger partial charge >= 0.3 is 0 Å². The number of rotatable bonds is 11. The first-order valence-corrected chi connectivity index (χ1v) is 11.7. The monoisotopic (exact) mass is 502 g/mol. The lowest BCUT2D eigenvalue weighted by molar-refractivity contribution is -0.128. The van der Waals surface area contributed by atoms with Crippen molar-refractivity contribution in [1.29, 1.82) is 0 Å². The lowest BCUT2D eigenvalue weighted by Gasteiger charge is -2.20. The van der Waals surface area contributed by atoms with Crippen molar-refractivity contribution >= 4 is 17.5 Å². The lowest BCUT2D eigenvalue weighted by atomic mass is 10.1. The fourth-order valence-corrected chi connectivity index (χ4v) is 3.47. The van der Waals surface area contributed by atoms with Gasteiger partial charge in [0.2, 0.25) is 11.8 Å². The first kappa shape index (κ1) is 25.6. The molecule has 0 aliphatic heterocycles. The quantitative estimate of drug-likeness (QED) is 0.274. The summed E-state index contributed by atoms with van der Waals surface area (Å²) in [5.74, 6) is -0.633. The normalized spacial score (nSPS) is 12.4. The first-order chi connectivity index (χ1) is 18.0. The summed E-state index contributed by atoms with van der Waals surface area (Å²) >= 11 is 0. The van der Waals surface area contributed by atoms with Crippen molar-refractivity contribution in [3.63, 3.8) is 0 Å². The number of carbonyl (C=O) groups excluding carboxylic acids is 2. The van der Waals surface area contributed by atoms with Gasteiger partial charge in [0.15, 0.2) is 0 Å². The van der Waals surface area contributed by atoms with Gasteiger partial charge < -0.3 is 25.1 Å². The van der Waals surface area contributed by atoms with Gasteiger partial charge in [-0.3, -0.25) is 9.59 Å². The number of halogens is 1. The Labute approximate surface area is 213 Å². The summed E-state index contributed by atoms with van der Waals surface area (Å²) in [7, 11) is 0. The summed E-state index contributed by atoms with van der Waals surface area (Å²) in [6.07, 6.45) is 3.07. The molecule has 3 N–H and O–H groups in total. The van der Waals surface area contributed by atoms with E-state index < -0.39 is 17.9 Å². The van der Waals surface area contributed by atoms with Crippen LogP contribution < -0.4 is 15.4 Å². The molecule has 4 aromatic rings. The summed E-state index contributed by atoms with van der Waals surface area (Å²) in [6, 6.07) is 21.0. The van der Waals surface area contributed by atoms with Gasteiger partial charge in [-0.15, -0.1) is 0 Å². The van der Waals surface area contributed by atoms with Gasteiger partial charge in [0, 0.05) is 17.6 Å². The molecule has 1 aromatic heterocycles. The van der Waals surface area contributed by atoms with Crippen LogP contribution in [0.25, 0.3) is 0 Å². The minimum absolute atomic E-state index is 0.0199. The standard InChI is InChI=1S/C28H27FN4O4/c1-19(25-15-30-18-31-25)27(34)33-26(17-36-16-20-5-3-2-4-6-20)28(35)32-22-9-13-24(14-10-22)37-23-11-7-21(29)8-12-23/h2-15,18-19,26H,16-17H2,1H3,(H,30,31)(H,32,35)(H,33,34)/t19?,26-/m0/s1. The molecular weight excluding hydrogens is 475 g/mol. The van der Waals surface area contributed by atoms with Crippen molar-refractivity contribution in [3.05, 3.63) is 108 Å². The van der Waals surface area contributed by atoms with Crippen molar-refractivity contribution < 1.29 is 23.5 Å². The molecule has 0 saturated carbocycles. The Hall–Kier alpha value is -4.50. The predicted octanol–water partition coefficient (Wildman–Crippen LogP) is 4.78. The summed E-state index contributed by atoms with van der Waals surface area (Å²) in [5.41, 5.74) is 2.11. The Kier molecular flexibility index (Phi) is 8.62. The number of hydrogen-bond acceptors (Lipinski definition) is 5. The summed E-state index contributed by atoms with van der Waals surface area (Å²) in [6.45, 7) is 2.00. The van der Waals surface area contributed by atoms with Crippen LogP contribution in [0.3, 0.4) is 0 Å². The first-order valence-electron chi connectivity index (χ1n) is 11.7. The number of aromatic nitrogens is 2. The van der Waals surface area contributed by atoms with Gasteiger partial charge in [0.25, 0.3) is 0 Å². The largest absolute Gasteiger partial charge is 0.457 e. The SMILES string of the molecule is CC(C(=O)N[C@@H](COCc1ccccc1)C(=O)Nc1ccc(Oc2ccc(F)cc2)cc1)c1cnc[nH]1. The Morgan fingerprint density at radius 1 is 0.946 bits per heavy atom. The molecular formula is C28H27FN4O4. The number of aromatic amines is 1. The molecule has 3 aromatic carbocycles. The van der Waals surface area contributed by atoms with E-state index in [1.54, 1.807) is 37.4 Å². The molecule has 0 aliphatic carbocycles. The van der Waals surface area contributed by atoms with E-state index in [9.17, 15) is 14.0 Å². The maximum atomic E-state index is 13.1. The van der Waals surface area contributed by atoms with Crippen molar-refractivity contribution in [3.8, 4) is 11.5 Å². The van der Waals surface area contributed by atoms with Gasteiger partial charge in [0.05, 0.1) is 25.5 Å². The van der Waals surface area contributed by atoms with Crippen LogP contribution in [0.5, 0.6) is 11.5 Å². The number of nitrogens with one attached hydrogen (secondary N) is 3. The molecule has 190 valence electrons. The molecule has 9 heteroatoms. The van der Waals surface area contributed by atoms with Crippen LogP contribution in [-0.2, 0) is 20.9 Å². The molecule has 0 spiro atoms. The molecule has 0 saturated heterocycles. The molecule has 0 bridgehead atoms. The zero-order valence-corrected chi connectivity index (χ0v) is 20.2. The molecule has 2 atom stereocenters. The van der Waals surface area contributed by atoms with Crippen molar-refractivity contribution in [1.82, 2.24) is 15.3 Å². The molecule has 1 heterocycles. The number of benzene rings is 3. The highest BCUT2D eigenvalue weighted by Gasteiger charge is 2.25. The average Bonchev–Trinajstić information content (AvgIpc) is 3.46. The van der Waals surface area contributed by atoms with Gasteiger partial charge in [0.1, 0.15) is 23.4 Å². The maximum Gasteiger partial charge on any atom is 0.249 e. The van der Waals surface area contributed by atoms with Gasteiger partial charge in [-0.05, 0) is 61.0 Å². The maximum absolute atomic E-state index is 13.1. The Bertz CT molecular complexity index is 1280. The second-order valence-electron chi connectivity index (χ2n) is 8.36. The molecule has 1 unspecified atom stereocenters. The van der Waals surface area contributed by atoms with Crippen LogP contribution in [-0.4, -0.2) is 34.4 Å². The van der Waals surface area contributed by atoms with E-state index in [4.69, 9.17) is 9.47 Å². The van der Waals surface area contributed by atoms with Crippen molar-refractivity contribution in [2.45, 2.75) is 25.5 Å². The molecule has 0 aliphatic rings. The number of ether oxygens (including phenoxy) is 2. The third-order valence-electron chi connectivity index (χ3n) is 5.58. The second-order valence-corrected chi connectivity index (χ2v) is 8.36. The van der Waals surface area contributed by atoms with E-state index in [1.807, 2.05) is 30.3 Å². The lowest BCUT2D eigenvalue weighted by Crippen LogP contribution is -2.48. The summed E-state index contributed by atoms with van der Waals surface area (Å²) in [5, 5.41) is 5.59. The molecule has 0 fully saturated rings. The Balaban J connectivity index is 1.39. The smallest absolute Gasteiger partial charge is 0.249 e. The highest BCUT2D eigenvalue weighted by molar-refractivity contribution is 5.98. The minimum atomic E-state index is -0.934. The molecule has 37 heavy (non-hydrogen) atoms. The molecule has 8 nitrogen and oxygen atoms in total. The van der Waals surface area contributed by atoms with E-state index in [0.29, 0.717) is 29.5 Å². The number of hydrogen-bond donors (Lipinski definition) is 3. The summed E-state index contributed by atoms with van der Waals surface area (Å²) < 4.78 is 24.5. The van der Waals surface area contributed by atoms with E-state index >= 15 is 0 Å². The second kappa shape index (κ2) is 12.5. The Morgan fingerprint density at radius 3 is 2.27 bits per heavy atom. The highest BCUT2D eigenvalue weighted by Crippen LogP contribution is 2.23. The van der Waals surface area contributed by atoms with Crippen LogP contribution in [0, 0.1) is 5.82 Å². The third-order valence-corrected chi connectivity index (χ3v) is 5.58. The minimum Gasteiger partial charge on any atom is -0.457 e. The van der Waals surface area contributed by atoms with Crippen LogP contribution in [0.4, 0.5) is 10.1 Å². The van der Waals surface area contributed by atoms with Crippen LogP contribution >= 0.6 is 0 Å². The van der Waals surface area contributed by atoms with E-state index in [1.165, 1.54) is 30.6 Å². The van der Waals surface area contributed by atoms with E-state index in [2.05, 4.69) is 20.6 Å². The highest BCUT2D eigenvalue weighted by atomic mass is 19.1. The van der Waals surface area contributed by atoms with Crippen molar-refractivity contribution in [2.24, 2.45) is 0 Å². The average molecular weight is 503 g/mol. The fraction of sp³-hybridized carbons (Fsp3) is 0.179. The molecule has 0 radical (unpaired) electrons. The zero-order chi connectivity index (χ0) is 26.0. The third kappa shape index (κ3) is 7.49. The summed E-state index contributed by atoms with van der Waals surface area (Å²) in [4.78, 5) is 32.8. The number of carbonyl (C=O) groups is 2.